The monoisotopic (exact) mass is 433 g/mol. The van der Waals surface area contributed by atoms with E-state index in [4.69, 9.17) is 0 Å². The van der Waals surface area contributed by atoms with Crippen molar-refractivity contribution in [3.63, 3.8) is 0 Å². The number of rotatable bonds is 4. The van der Waals surface area contributed by atoms with E-state index >= 15 is 0 Å². The molecule has 0 saturated heterocycles. The average molecular weight is 434 g/mol. The summed E-state index contributed by atoms with van der Waals surface area (Å²) in [5.41, 5.74) is 0. The van der Waals surface area contributed by atoms with Gasteiger partial charge in [-0.25, -0.2) is 4.98 Å². The Bertz CT molecular complexity index is 815. The number of aromatic nitrogens is 1. The van der Waals surface area contributed by atoms with Gasteiger partial charge in [0.1, 0.15) is 11.6 Å². The SMILES string of the molecule is O=C(Nc1cccc(NC(=O)C2C3CC4CC(C3)CC2C4)n1)C1C2CC3CC(C2)CC1C3. The van der Waals surface area contributed by atoms with Crippen molar-refractivity contribution in [2.45, 2.75) is 64.2 Å². The van der Waals surface area contributed by atoms with Crippen LogP contribution < -0.4 is 10.6 Å². The van der Waals surface area contributed by atoms with Crippen molar-refractivity contribution in [3.8, 4) is 0 Å². The minimum absolute atomic E-state index is 0.149. The van der Waals surface area contributed by atoms with Crippen LogP contribution in [0.1, 0.15) is 64.2 Å². The van der Waals surface area contributed by atoms with Gasteiger partial charge in [-0.2, -0.15) is 0 Å². The first-order chi connectivity index (χ1) is 15.6. The third kappa shape index (κ3) is 3.21. The molecule has 8 aliphatic rings. The van der Waals surface area contributed by atoms with Gasteiger partial charge in [-0.1, -0.05) is 6.07 Å². The van der Waals surface area contributed by atoms with Gasteiger partial charge in [0, 0.05) is 11.8 Å². The largest absolute Gasteiger partial charge is 0.310 e. The number of nitrogens with zero attached hydrogens (tertiary/aromatic N) is 1. The summed E-state index contributed by atoms with van der Waals surface area (Å²) in [5.74, 6) is 7.45. The van der Waals surface area contributed by atoms with Gasteiger partial charge in [0.05, 0.1) is 0 Å². The summed E-state index contributed by atoms with van der Waals surface area (Å²) < 4.78 is 0. The van der Waals surface area contributed by atoms with Crippen LogP contribution in [0, 0.1) is 59.2 Å². The fourth-order valence-corrected chi connectivity index (χ4v) is 9.70. The number of pyridine rings is 1. The van der Waals surface area contributed by atoms with Gasteiger partial charge in [-0.05, 0) is 124 Å². The summed E-state index contributed by atoms with van der Waals surface area (Å²) in [5, 5.41) is 6.23. The number of nitrogens with one attached hydrogen (secondary N) is 2. The van der Waals surface area contributed by atoms with E-state index in [1.165, 1.54) is 64.2 Å². The topological polar surface area (TPSA) is 71.1 Å². The third-order valence-corrected chi connectivity index (χ3v) is 10.3. The maximum Gasteiger partial charge on any atom is 0.229 e. The normalized spacial score (nSPS) is 45.1. The quantitative estimate of drug-likeness (QED) is 0.694. The molecule has 1 aromatic rings. The molecule has 0 aromatic carbocycles. The first kappa shape index (κ1) is 19.5. The maximum absolute atomic E-state index is 13.2. The number of hydrogen-bond donors (Lipinski definition) is 2. The molecule has 0 spiro atoms. The Balaban J connectivity index is 1.03. The number of amides is 2. The van der Waals surface area contributed by atoms with E-state index in [1.807, 2.05) is 18.2 Å². The summed E-state index contributed by atoms with van der Waals surface area (Å²) in [6.45, 7) is 0. The molecule has 0 aliphatic heterocycles. The van der Waals surface area contributed by atoms with Gasteiger partial charge in [-0.15, -0.1) is 0 Å². The molecular weight excluding hydrogens is 398 g/mol. The molecular formula is C27H35N3O2. The second-order valence-electron chi connectivity index (χ2n) is 12.3. The van der Waals surface area contributed by atoms with Crippen molar-refractivity contribution in [1.29, 1.82) is 0 Å². The fraction of sp³-hybridized carbons (Fsp3) is 0.741. The van der Waals surface area contributed by atoms with Crippen LogP contribution in [0.15, 0.2) is 18.2 Å². The lowest BCUT2D eigenvalue weighted by Crippen LogP contribution is -2.49. The lowest BCUT2D eigenvalue weighted by atomic mass is 9.51. The zero-order valence-corrected chi connectivity index (χ0v) is 18.8. The fourth-order valence-electron chi connectivity index (χ4n) is 9.70. The zero-order valence-electron chi connectivity index (χ0n) is 18.8. The molecule has 1 aromatic heterocycles. The van der Waals surface area contributed by atoms with Crippen LogP contribution in [0.5, 0.6) is 0 Å². The number of carbonyl (C=O) groups excluding carboxylic acids is 2. The van der Waals surface area contributed by atoms with Gasteiger partial charge in [0.25, 0.3) is 0 Å². The summed E-state index contributed by atoms with van der Waals surface area (Å²) in [7, 11) is 0. The Morgan fingerprint density at radius 2 is 0.938 bits per heavy atom. The summed E-state index contributed by atoms with van der Waals surface area (Å²) in [6, 6.07) is 5.60. The van der Waals surface area contributed by atoms with Gasteiger partial charge in [0.15, 0.2) is 0 Å². The molecule has 8 saturated carbocycles. The molecule has 0 atom stereocenters. The molecule has 1 heterocycles. The highest BCUT2D eigenvalue weighted by atomic mass is 16.2. The molecule has 2 amide bonds. The lowest BCUT2D eigenvalue weighted by Gasteiger charge is -2.53. The number of hydrogen-bond acceptors (Lipinski definition) is 3. The second-order valence-corrected chi connectivity index (χ2v) is 12.3. The van der Waals surface area contributed by atoms with Crippen LogP contribution in [0.4, 0.5) is 11.6 Å². The minimum Gasteiger partial charge on any atom is -0.310 e. The van der Waals surface area contributed by atoms with E-state index in [1.54, 1.807) is 0 Å². The van der Waals surface area contributed by atoms with Gasteiger partial charge < -0.3 is 10.6 Å². The van der Waals surface area contributed by atoms with E-state index in [0.29, 0.717) is 35.3 Å². The predicted molar refractivity (Wildman–Crippen MR) is 123 cm³/mol. The maximum atomic E-state index is 13.2. The van der Waals surface area contributed by atoms with E-state index in [9.17, 15) is 9.59 Å². The van der Waals surface area contributed by atoms with Crippen molar-refractivity contribution in [3.05, 3.63) is 18.2 Å². The van der Waals surface area contributed by atoms with Crippen molar-refractivity contribution in [1.82, 2.24) is 4.98 Å². The Labute approximate surface area is 190 Å². The predicted octanol–water partition coefficient (Wildman–Crippen LogP) is 5.10. The molecule has 8 fully saturated rings. The molecule has 5 nitrogen and oxygen atoms in total. The highest BCUT2D eigenvalue weighted by Gasteiger charge is 2.52. The van der Waals surface area contributed by atoms with Gasteiger partial charge in [-0.3, -0.25) is 9.59 Å². The summed E-state index contributed by atoms with van der Waals surface area (Å²) >= 11 is 0. The molecule has 0 unspecified atom stereocenters. The Kier molecular flexibility index (Phi) is 4.46. The summed E-state index contributed by atoms with van der Waals surface area (Å²) in [6.07, 6.45) is 12.7. The van der Waals surface area contributed by atoms with E-state index in [0.717, 1.165) is 23.7 Å². The van der Waals surface area contributed by atoms with Crippen LogP contribution in [-0.4, -0.2) is 16.8 Å². The molecule has 9 rings (SSSR count). The van der Waals surface area contributed by atoms with Gasteiger partial charge >= 0.3 is 0 Å². The Hall–Kier alpha value is -1.91. The molecule has 0 radical (unpaired) electrons. The second kappa shape index (κ2) is 7.30. The lowest BCUT2D eigenvalue weighted by molar-refractivity contribution is -0.133. The molecule has 8 bridgehead atoms. The highest BCUT2D eigenvalue weighted by Crippen LogP contribution is 2.57. The van der Waals surface area contributed by atoms with Gasteiger partial charge in [0.2, 0.25) is 11.8 Å². The van der Waals surface area contributed by atoms with Crippen LogP contribution in [0.3, 0.4) is 0 Å². The molecule has 2 N–H and O–H groups in total. The van der Waals surface area contributed by atoms with Crippen LogP contribution in [0.25, 0.3) is 0 Å². The van der Waals surface area contributed by atoms with Crippen LogP contribution in [-0.2, 0) is 9.59 Å². The van der Waals surface area contributed by atoms with Crippen molar-refractivity contribution in [2.75, 3.05) is 10.6 Å². The van der Waals surface area contributed by atoms with E-state index in [2.05, 4.69) is 15.6 Å². The number of carbonyl (C=O) groups is 2. The first-order valence-electron chi connectivity index (χ1n) is 13.2. The molecule has 5 heteroatoms. The highest BCUT2D eigenvalue weighted by molar-refractivity contribution is 5.94. The summed E-state index contributed by atoms with van der Waals surface area (Å²) in [4.78, 5) is 31.0. The average Bonchev–Trinajstić information content (AvgIpc) is 2.72. The van der Waals surface area contributed by atoms with E-state index in [-0.39, 0.29) is 23.7 Å². The van der Waals surface area contributed by atoms with Crippen molar-refractivity contribution < 1.29 is 9.59 Å². The molecule has 8 aliphatic carbocycles. The van der Waals surface area contributed by atoms with Crippen molar-refractivity contribution >= 4 is 23.5 Å². The minimum atomic E-state index is 0.149. The van der Waals surface area contributed by atoms with Crippen LogP contribution in [0.2, 0.25) is 0 Å². The standard InChI is InChI=1S/C27H35N3O2/c31-26(24-18-6-14-4-15(8-18)9-19(24)7-14)29-22-2-1-3-23(28-22)30-27(32)25-20-10-16-5-17(12-20)13-21(25)11-16/h1-3,14-21,24-25H,4-13H2,(H2,28,29,30,31,32). The first-order valence-corrected chi connectivity index (χ1v) is 13.2. The number of anilines is 2. The zero-order chi connectivity index (χ0) is 21.4. The molecule has 170 valence electrons. The van der Waals surface area contributed by atoms with Crippen molar-refractivity contribution in [2.24, 2.45) is 59.2 Å². The Morgan fingerprint density at radius 3 is 1.28 bits per heavy atom. The van der Waals surface area contributed by atoms with Crippen LogP contribution >= 0.6 is 0 Å². The third-order valence-electron chi connectivity index (χ3n) is 10.3. The Morgan fingerprint density at radius 1 is 0.594 bits per heavy atom. The smallest absolute Gasteiger partial charge is 0.229 e. The van der Waals surface area contributed by atoms with E-state index < -0.39 is 0 Å². The molecule has 32 heavy (non-hydrogen) atoms.